The van der Waals surface area contributed by atoms with E-state index in [9.17, 15) is 28.6 Å². The Morgan fingerprint density at radius 3 is 2.47 bits per heavy atom. The van der Waals surface area contributed by atoms with Crippen molar-refractivity contribution in [1.29, 1.82) is 0 Å². The third kappa shape index (κ3) is 5.23. The van der Waals surface area contributed by atoms with E-state index in [1.807, 2.05) is 0 Å². The normalized spacial score (nSPS) is 11.6. The SMILES string of the molecule is Cn1cnnc1Sc1ccc(C=NNc2ccc(S(N)(=O)=O)cc2[N+](=O)[O-])cc1[N+](=O)[O-]. The molecule has 0 atom stereocenters. The lowest BCUT2D eigenvalue weighted by Gasteiger charge is -2.05. The van der Waals surface area contributed by atoms with Crippen LogP contribution in [0.25, 0.3) is 0 Å². The maximum absolute atomic E-state index is 11.5. The van der Waals surface area contributed by atoms with Crippen molar-refractivity contribution >= 4 is 45.1 Å². The number of nitrogens with zero attached hydrogens (tertiary/aromatic N) is 6. The van der Waals surface area contributed by atoms with Crippen LogP contribution in [-0.2, 0) is 17.1 Å². The van der Waals surface area contributed by atoms with E-state index < -0.39 is 30.5 Å². The molecule has 3 rings (SSSR count). The number of primary sulfonamides is 1. The number of aromatic nitrogens is 3. The lowest BCUT2D eigenvalue weighted by atomic mass is 10.2. The Labute approximate surface area is 184 Å². The Hall–Kier alpha value is -3.89. The minimum Gasteiger partial charge on any atom is -0.311 e. The standard InChI is InChI=1S/C16H14N8O6S2/c1-22-9-19-21-16(22)31-15-5-2-10(6-14(15)24(27)28)8-18-20-12-4-3-11(32(17,29)30)7-13(12)23(25)26/h2-9,20H,1H3,(H2,17,29,30). The van der Waals surface area contributed by atoms with Gasteiger partial charge >= 0.3 is 0 Å². The van der Waals surface area contributed by atoms with Crippen molar-refractivity contribution in [3.8, 4) is 0 Å². The van der Waals surface area contributed by atoms with Gasteiger partial charge in [0.1, 0.15) is 12.0 Å². The van der Waals surface area contributed by atoms with Crippen LogP contribution in [0.15, 0.2) is 62.8 Å². The van der Waals surface area contributed by atoms with E-state index in [0.29, 0.717) is 15.6 Å². The molecule has 0 saturated carbocycles. The highest BCUT2D eigenvalue weighted by molar-refractivity contribution is 7.99. The Balaban J connectivity index is 1.84. The van der Waals surface area contributed by atoms with Crippen LogP contribution >= 0.6 is 11.8 Å². The van der Waals surface area contributed by atoms with Gasteiger partial charge in [0.05, 0.1) is 25.9 Å². The van der Waals surface area contributed by atoms with Gasteiger partial charge in [-0.1, -0.05) is 6.07 Å². The number of benzene rings is 2. The molecule has 3 aromatic rings. The fraction of sp³-hybridized carbons (Fsp3) is 0.0625. The van der Waals surface area contributed by atoms with Crippen LogP contribution in [-0.4, -0.2) is 39.2 Å². The molecule has 166 valence electrons. The highest BCUT2D eigenvalue weighted by Gasteiger charge is 2.19. The summed E-state index contributed by atoms with van der Waals surface area (Å²) in [4.78, 5) is 21.3. The maximum Gasteiger partial charge on any atom is 0.295 e. The molecule has 2 aromatic carbocycles. The van der Waals surface area contributed by atoms with Gasteiger partial charge in [-0.05, 0) is 30.0 Å². The second kappa shape index (κ2) is 9.08. The molecule has 14 nitrogen and oxygen atoms in total. The molecule has 0 aliphatic heterocycles. The molecule has 0 fully saturated rings. The van der Waals surface area contributed by atoms with Crippen LogP contribution in [0.1, 0.15) is 5.56 Å². The monoisotopic (exact) mass is 478 g/mol. The molecule has 0 spiro atoms. The molecular weight excluding hydrogens is 464 g/mol. The van der Waals surface area contributed by atoms with Crippen LogP contribution in [0.4, 0.5) is 17.1 Å². The van der Waals surface area contributed by atoms with Crippen molar-refractivity contribution in [1.82, 2.24) is 14.8 Å². The molecule has 0 amide bonds. The van der Waals surface area contributed by atoms with E-state index in [0.717, 1.165) is 30.0 Å². The van der Waals surface area contributed by atoms with Gasteiger partial charge in [-0.15, -0.1) is 10.2 Å². The molecule has 0 unspecified atom stereocenters. The minimum atomic E-state index is -4.12. The van der Waals surface area contributed by atoms with Gasteiger partial charge in [-0.3, -0.25) is 25.7 Å². The largest absolute Gasteiger partial charge is 0.311 e. The molecule has 1 heterocycles. The Morgan fingerprint density at radius 1 is 1.16 bits per heavy atom. The summed E-state index contributed by atoms with van der Waals surface area (Å²) in [6.07, 6.45) is 2.69. The summed E-state index contributed by atoms with van der Waals surface area (Å²) in [6, 6.07) is 7.39. The summed E-state index contributed by atoms with van der Waals surface area (Å²) in [5.41, 5.74) is 1.92. The summed E-state index contributed by atoms with van der Waals surface area (Å²) in [7, 11) is -2.42. The lowest BCUT2D eigenvalue weighted by Crippen LogP contribution is -2.12. The number of nitrogens with one attached hydrogen (secondary N) is 1. The van der Waals surface area contributed by atoms with Crippen molar-refractivity contribution in [3.05, 3.63) is 68.5 Å². The molecule has 0 bridgehead atoms. The van der Waals surface area contributed by atoms with Crippen molar-refractivity contribution in [2.75, 3.05) is 5.43 Å². The molecule has 32 heavy (non-hydrogen) atoms. The van der Waals surface area contributed by atoms with Gasteiger partial charge in [0.15, 0.2) is 5.16 Å². The van der Waals surface area contributed by atoms with Crippen LogP contribution in [0.3, 0.4) is 0 Å². The third-order valence-corrected chi connectivity index (χ3v) is 5.97. The molecule has 3 N–H and O–H groups in total. The van der Waals surface area contributed by atoms with Crippen LogP contribution < -0.4 is 10.6 Å². The van der Waals surface area contributed by atoms with E-state index in [1.54, 1.807) is 17.7 Å². The van der Waals surface area contributed by atoms with Crippen molar-refractivity contribution in [2.45, 2.75) is 14.9 Å². The van der Waals surface area contributed by atoms with Crippen LogP contribution in [0, 0.1) is 20.2 Å². The zero-order chi connectivity index (χ0) is 23.5. The minimum absolute atomic E-state index is 0.0948. The van der Waals surface area contributed by atoms with Gasteiger partial charge in [0, 0.05) is 24.7 Å². The summed E-state index contributed by atoms with van der Waals surface area (Å²) < 4.78 is 24.4. The number of anilines is 1. The first kappa shape index (κ1) is 22.8. The molecule has 0 aliphatic rings. The van der Waals surface area contributed by atoms with E-state index in [-0.39, 0.29) is 11.4 Å². The second-order valence-electron chi connectivity index (χ2n) is 6.16. The van der Waals surface area contributed by atoms with Crippen molar-refractivity contribution in [3.63, 3.8) is 0 Å². The Morgan fingerprint density at radius 2 is 1.88 bits per heavy atom. The molecule has 16 heteroatoms. The number of nitrogens with two attached hydrogens (primary N) is 1. The average molecular weight is 478 g/mol. The predicted octanol–water partition coefficient (Wildman–Crippen LogP) is 1.88. The average Bonchev–Trinajstić information content (AvgIpc) is 3.12. The fourth-order valence-electron chi connectivity index (χ4n) is 2.42. The number of rotatable bonds is 8. The maximum atomic E-state index is 11.5. The van der Waals surface area contributed by atoms with Gasteiger partial charge < -0.3 is 4.57 Å². The number of nitro groups is 2. The first-order valence-corrected chi connectivity index (χ1v) is 10.8. The lowest BCUT2D eigenvalue weighted by molar-refractivity contribution is -0.387. The highest BCUT2D eigenvalue weighted by atomic mass is 32.2. The van der Waals surface area contributed by atoms with Crippen LogP contribution in [0.2, 0.25) is 0 Å². The molecule has 0 aliphatic carbocycles. The molecule has 0 saturated heterocycles. The molecule has 1 aromatic heterocycles. The highest BCUT2D eigenvalue weighted by Crippen LogP contribution is 2.34. The topological polar surface area (TPSA) is 202 Å². The van der Waals surface area contributed by atoms with Gasteiger partial charge in [-0.25, -0.2) is 13.6 Å². The fourth-order valence-corrected chi connectivity index (χ4v) is 3.80. The predicted molar refractivity (Wildman–Crippen MR) is 114 cm³/mol. The van der Waals surface area contributed by atoms with Crippen molar-refractivity contribution in [2.24, 2.45) is 17.3 Å². The number of aryl methyl sites for hydroxylation is 1. The van der Waals surface area contributed by atoms with E-state index >= 15 is 0 Å². The summed E-state index contributed by atoms with van der Waals surface area (Å²) in [5, 5.41) is 39.6. The van der Waals surface area contributed by atoms with E-state index in [2.05, 4.69) is 20.7 Å². The number of hydrogen-bond acceptors (Lipinski definition) is 11. The first-order chi connectivity index (χ1) is 15.1. The van der Waals surface area contributed by atoms with Gasteiger partial charge in [0.25, 0.3) is 11.4 Å². The number of sulfonamides is 1. The van der Waals surface area contributed by atoms with Crippen molar-refractivity contribution < 1.29 is 18.3 Å². The van der Waals surface area contributed by atoms with E-state index in [1.165, 1.54) is 24.7 Å². The smallest absolute Gasteiger partial charge is 0.295 e. The van der Waals surface area contributed by atoms with E-state index in [4.69, 9.17) is 5.14 Å². The Kier molecular flexibility index (Phi) is 6.47. The van der Waals surface area contributed by atoms with Gasteiger partial charge in [0.2, 0.25) is 10.0 Å². The summed E-state index contributed by atoms with van der Waals surface area (Å²) >= 11 is 1.07. The molecular formula is C16H14N8O6S2. The quantitative estimate of drug-likeness (QED) is 0.273. The number of hydrazone groups is 1. The number of hydrogen-bond donors (Lipinski definition) is 2. The zero-order valence-electron chi connectivity index (χ0n) is 16.1. The zero-order valence-corrected chi connectivity index (χ0v) is 17.8. The first-order valence-electron chi connectivity index (χ1n) is 8.47. The van der Waals surface area contributed by atoms with Gasteiger partial charge in [-0.2, -0.15) is 5.10 Å². The Bertz CT molecular complexity index is 1340. The third-order valence-electron chi connectivity index (χ3n) is 3.94. The van der Waals surface area contributed by atoms with Crippen LogP contribution in [0.5, 0.6) is 0 Å². The summed E-state index contributed by atoms with van der Waals surface area (Å²) in [5.74, 6) is 0. The second-order valence-corrected chi connectivity index (χ2v) is 8.73. The number of nitro benzene ring substituents is 2. The summed E-state index contributed by atoms with van der Waals surface area (Å²) in [6.45, 7) is 0. The molecule has 0 radical (unpaired) electrons.